The van der Waals surface area contributed by atoms with E-state index in [1.165, 1.54) is 13.2 Å². The molecule has 0 bridgehead atoms. The lowest BCUT2D eigenvalue weighted by molar-refractivity contribution is -0.135. The largest absolute Gasteiger partial charge is 0.466 e. The lowest BCUT2D eigenvalue weighted by Crippen LogP contribution is -2.51. The van der Waals surface area contributed by atoms with Gasteiger partial charge in [0.25, 0.3) is 0 Å². The summed E-state index contributed by atoms with van der Waals surface area (Å²) < 4.78 is 4.45. The molecule has 1 aliphatic rings. The van der Waals surface area contributed by atoms with E-state index in [-0.39, 0.29) is 11.9 Å². The molecule has 1 unspecified atom stereocenters. The van der Waals surface area contributed by atoms with Crippen molar-refractivity contribution in [3.8, 4) is 0 Å². The molecule has 0 aromatic heterocycles. The molecule has 0 aromatic carbocycles. The van der Waals surface area contributed by atoms with E-state index in [4.69, 9.17) is 0 Å². The van der Waals surface area contributed by atoms with Gasteiger partial charge in [-0.1, -0.05) is 0 Å². The zero-order valence-corrected chi connectivity index (χ0v) is 8.32. The van der Waals surface area contributed by atoms with Crippen LogP contribution in [0.1, 0.15) is 6.92 Å². The summed E-state index contributed by atoms with van der Waals surface area (Å²) in [5.41, 5.74) is 0. The molecule has 0 radical (unpaired) electrons. The van der Waals surface area contributed by atoms with Crippen LogP contribution in [0.3, 0.4) is 0 Å². The molecule has 5 heteroatoms. The van der Waals surface area contributed by atoms with Gasteiger partial charge < -0.3 is 15.0 Å². The molecular formula is C9H14N2O3. The molecule has 0 saturated carbocycles. The monoisotopic (exact) mass is 198 g/mol. The van der Waals surface area contributed by atoms with Gasteiger partial charge in [-0.15, -0.1) is 0 Å². The van der Waals surface area contributed by atoms with Crippen molar-refractivity contribution in [2.24, 2.45) is 0 Å². The molecule has 5 nitrogen and oxygen atoms in total. The van der Waals surface area contributed by atoms with E-state index < -0.39 is 5.97 Å². The molecule has 1 amide bonds. The third-order valence-corrected chi connectivity index (χ3v) is 2.15. The summed E-state index contributed by atoms with van der Waals surface area (Å²) in [5, 5.41) is 2.73. The smallest absolute Gasteiger partial charge is 0.331 e. The molecule has 1 atom stereocenters. The summed E-state index contributed by atoms with van der Waals surface area (Å²) in [6.07, 6.45) is 2.91. The van der Waals surface area contributed by atoms with Crippen molar-refractivity contribution in [2.75, 3.05) is 20.2 Å². The van der Waals surface area contributed by atoms with E-state index in [1.807, 2.05) is 0 Å². The molecule has 1 fully saturated rings. The third-order valence-electron chi connectivity index (χ3n) is 2.15. The van der Waals surface area contributed by atoms with Crippen LogP contribution in [-0.4, -0.2) is 43.0 Å². The number of hydrogen-bond acceptors (Lipinski definition) is 4. The maximum atomic E-state index is 11.2. The van der Waals surface area contributed by atoms with Crippen molar-refractivity contribution >= 4 is 11.9 Å². The van der Waals surface area contributed by atoms with Crippen LogP contribution in [0.15, 0.2) is 12.3 Å². The molecule has 78 valence electrons. The zero-order chi connectivity index (χ0) is 10.6. The number of nitrogens with one attached hydrogen (secondary N) is 1. The van der Waals surface area contributed by atoms with Gasteiger partial charge in [0.2, 0.25) is 5.91 Å². The van der Waals surface area contributed by atoms with Gasteiger partial charge in [-0.25, -0.2) is 4.79 Å². The van der Waals surface area contributed by atoms with Crippen LogP contribution in [0.2, 0.25) is 0 Å². The number of nitrogens with zero attached hydrogens (tertiary/aromatic N) is 1. The zero-order valence-electron chi connectivity index (χ0n) is 8.32. The quantitative estimate of drug-likeness (QED) is 0.480. The summed E-state index contributed by atoms with van der Waals surface area (Å²) >= 11 is 0. The highest BCUT2D eigenvalue weighted by molar-refractivity contribution is 5.83. The van der Waals surface area contributed by atoms with Crippen LogP contribution in [0.4, 0.5) is 0 Å². The van der Waals surface area contributed by atoms with Gasteiger partial charge in [-0.05, 0) is 6.92 Å². The number of esters is 1. The fourth-order valence-corrected chi connectivity index (χ4v) is 1.23. The van der Waals surface area contributed by atoms with E-state index in [2.05, 4.69) is 10.1 Å². The Hall–Kier alpha value is -1.52. The average Bonchev–Trinajstić information content (AvgIpc) is 2.20. The number of rotatable bonds is 2. The molecule has 1 saturated heterocycles. The Morgan fingerprint density at radius 1 is 1.71 bits per heavy atom. The van der Waals surface area contributed by atoms with Crippen molar-refractivity contribution in [2.45, 2.75) is 13.0 Å². The van der Waals surface area contributed by atoms with Crippen molar-refractivity contribution in [1.82, 2.24) is 10.2 Å². The fourth-order valence-electron chi connectivity index (χ4n) is 1.23. The van der Waals surface area contributed by atoms with Gasteiger partial charge in [0, 0.05) is 25.4 Å². The molecule has 0 aliphatic carbocycles. The second-order valence-electron chi connectivity index (χ2n) is 3.04. The Morgan fingerprint density at radius 3 is 3.07 bits per heavy atom. The normalized spacial score (nSPS) is 22.3. The average molecular weight is 198 g/mol. The number of methoxy groups -OCH3 is 1. The van der Waals surface area contributed by atoms with Crippen LogP contribution in [-0.2, 0) is 14.3 Å². The van der Waals surface area contributed by atoms with Crippen molar-refractivity contribution in [3.63, 3.8) is 0 Å². The van der Waals surface area contributed by atoms with Gasteiger partial charge in [0.05, 0.1) is 7.11 Å². The Labute approximate surface area is 82.7 Å². The minimum atomic E-state index is -0.414. The molecule has 1 N–H and O–H groups in total. The fraction of sp³-hybridized carbons (Fsp3) is 0.556. The van der Waals surface area contributed by atoms with Gasteiger partial charge in [-0.3, -0.25) is 4.79 Å². The second-order valence-corrected chi connectivity index (χ2v) is 3.04. The molecule has 1 rings (SSSR count). The minimum Gasteiger partial charge on any atom is -0.466 e. The second kappa shape index (κ2) is 4.64. The number of amides is 1. The minimum absolute atomic E-state index is 0.0224. The Bertz CT molecular complexity index is 263. The number of hydrogen-bond donors (Lipinski definition) is 1. The molecular weight excluding hydrogens is 184 g/mol. The summed E-state index contributed by atoms with van der Waals surface area (Å²) in [4.78, 5) is 23.8. The molecule has 1 aliphatic heterocycles. The predicted octanol–water partition coefficient (Wildman–Crippen LogP) is -0.507. The van der Waals surface area contributed by atoms with Crippen LogP contribution < -0.4 is 5.32 Å². The van der Waals surface area contributed by atoms with Crippen LogP contribution >= 0.6 is 0 Å². The van der Waals surface area contributed by atoms with Crippen molar-refractivity contribution in [1.29, 1.82) is 0 Å². The SMILES string of the molecule is COC(=O)C=CN1CCNC(=O)C1C. The van der Waals surface area contributed by atoms with Gasteiger partial charge in [-0.2, -0.15) is 0 Å². The summed E-state index contributed by atoms with van der Waals surface area (Å²) in [6.45, 7) is 3.10. The van der Waals surface area contributed by atoms with Gasteiger partial charge in [0.1, 0.15) is 6.04 Å². The van der Waals surface area contributed by atoms with E-state index in [9.17, 15) is 9.59 Å². The van der Waals surface area contributed by atoms with E-state index in [1.54, 1.807) is 18.0 Å². The molecule has 14 heavy (non-hydrogen) atoms. The van der Waals surface area contributed by atoms with E-state index >= 15 is 0 Å². The Kier molecular flexibility index (Phi) is 3.50. The van der Waals surface area contributed by atoms with Crippen LogP contribution in [0, 0.1) is 0 Å². The van der Waals surface area contributed by atoms with Crippen LogP contribution in [0.25, 0.3) is 0 Å². The van der Waals surface area contributed by atoms with Gasteiger partial charge >= 0.3 is 5.97 Å². The van der Waals surface area contributed by atoms with Crippen molar-refractivity contribution in [3.05, 3.63) is 12.3 Å². The highest BCUT2D eigenvalue weighted by Gasteiger charge is 2.22. The van der Waals surface area contributed by atoms with E-state index in [0.717, 1.165) is 0 Å². The summed E-state index contributed by atoms with van der Waals surface area (Å²) in [6, 6.07) is -0.232. The highest BCUT2D eigenvalue weighted by atomic mass is 16.5. The third kappa shape index (κ3) is 2.48. The van der Waals surface area contributed by atoms with E-state index in [0.29, 0.717) is 13.1 Å². The first-order valence-corrected chi connectivity index (χ1v) is 4.44. The number of carbonyl (C=O) groups excluding carboxylic acids is 2. The highest BCUT2D eigenvalue weighted by Crippen LogP contribution is 2.03. The number of piperazine rings is 1. The van der Waals surface area contributed by atoms with Crippen molar-refractivity contribution < 1.29 is 14.3 Å². The molecule has 0 spiro atoms. The Morgan fingerprint density at radius 2 is 2.43 bits per heavy atom. The standard InChI is InChI=1S/C9H14N2O3/c1-7-9(13)10-4-6-11(7)5-3-8(12)14-2/h3,5,7H,4,6H2,1-2H3,(H,10,13). The maximum Gasteiger partial charge on any atom is 0.331 e. The van der Waals surface area contributed by atoms with Crippen LogP contribution in [0.5, 0.6) is 0 Å². The lowest BCUT2D eigenvalue weighted by Gasteiger charge is -2.31. The first-order chi connectivity index (χ1) is 6.65. The predicted molar refractivity (Wildman–Crippen MR) is 50.3 cm³/mol. The first-order valence-electron chi connectivity index (χ1n) is 4.44. The lowest BCUT2D eigenvalue weighted by atomic mass is 10.2. The Balaban J connectivity index is 2.55. The summed E-state index contributed by atoms with van der Waals surface area (Å²) in [5.74, 6) is -0.436. The maximum absolute atomic E-state index is 11.2. The topological polar surface area (TPSA) is 58.6 Å². The molecule has 1 heterocycles. The number of carbonyl (C=O) groups is 2. The summed E-state index contributed by atoms with van der Waals surface area (Å²) in [7, 11) is 1.32. The first kappa shape index (κ1) is 10.6. The van der Waals surface area contributed by atoms with Gasteiger partial charge in [0.15, 0.2) is 0 Å². The number of ether oxygens (including phenoxy) is 1. The molecule has 0 aromatic rings.